The highest BCUT2D eigenvalue weighted by molar-refractivity contribution is 5.98. The number of alkyl halides is 3. The Morgan fingerprint density at radius 3 is 2.42 bits per heavy atom. The van der Waals surface area contributed by atoms with Gasteiger partial charge >= 0.3 is 12.1 Å². The first-order valence-electron chi connectivity index (χ1n) is 13.2. The van der Waals surface area contributed by atoms with Gasteiger partial charge in [-0.05, 0) is 43.1 Å². The van der Waals surface area contributed by atoms with Crippen molar-refractivity contribution in [2.75, 3.05) is 32.0 Å². The zero-order valence-corrected chi connectivity index (χ0v) is 22.3. The van der Waals surface area contributed by atoms with E-state index in [1.165, 1.54) is 0 Å². The van der Waals surface area contributed by atoms with E-state index in [4.69, 9.17) is 9.47 Å². The van der Waals surface area contributed by atoms with Gasteiger partial charge in [0.1, 0.15) is 6.04 Å². The van der Waals surface area contributed by atoms with Crippen LogP contribution in [0.25, 0.3) is 0 Å². The van der Waals surface area contributed by atoms with Crippen LogP contribution in [0.3, 0.4) is 0 Å². The summed E-state index contributed by atoms with van der Waals surface area (Å²) >= 11 is 0. The molecular formula is C29H34F3N3O5. The number of likely N-dealkylation sites (N-methyl/N-ethyl adjacent to an activating group) is 1. The number of likely N-dealkylation sites (tertiary alicyclic amines) is 1. The highest BCUT2D eigenvalue weighted by Crippen LogP contribution is 2.38. The molecule has 2 heterocycles. The molecule has 216 valence electrons. The molecule has 4 rings (SSSR count). The summed E-state index contributed by atoms with van der Waals surface area (Å²) < 4.78 is 51.4. The summed E-state index contributed by atoms with van der Waals surface area (Å²) in [6, 6.07) is 13.1. The molecule has 40 heavy (non-hydrogen) atoms. The number of benzene rings is 2. The second-order valence-corrected chi connectivity index (χ2v) is 10.1. The molecule has 2 N–H and O–H groups in total. The molecule has 0 aromatic heterocycles. The molecule has 4 atom stereocenters. The van der Waals surface area contributed by atoms with Crippen molar-refractivity contribution in [3.05, 3.63) is 77.9 Å². The van der Waals surface area contributed by atoms with Gasteiger partial charge in [-0.15, -0.1) is 6.58 Å². The van der Waals surface area contributed by atoms with Crippen LogP contribution in [0.4, 0.5) is 18.9 Å². The molecule has 0 bridgehead atoms. The van der Waals surface area contributed by atoms with E-state index in [1.807, 2.05) is 37.4 Å². The molecule has 2 fully saturated rings. The molecule has 11 heteroatoms. The maximum absolute atomic E-state index is 12.9. The first-order chi connectivity index (χ1) is 19.1. The number of aliphatic hydroxyl groups is 1. The zero-order valence-electron chi connectivity index (χ0n) is 22.3. The average Bonchev–Trinajstić information content (AvgIpc) is 3.42. The Hall–Kier alpha value is -3.25. The van der Waals surface area contributed by atoms with Crippen LogP contribution in [0, 0.1) is 0 Å². The summed E-state index contributed by atoms with van der Waals surface area (Å²) in [6.07, 6.45) is -3.20. The van der Waals surface area contributed by atoms with E-state index in [1.54, 1.807) is 24.3 Å². The van der Waals surface area contributed by atoms with Crippen LogP contribution >= 0.6 is 0 Å². The number of amides is 2. The fourth-order valence-corrected chi connectivity index (χ4v) is 5.07. The van der Waals surface area contributed by atoms with Gasteiger partial charge in [-0.1, -0.05) is 42.5 Å². The highest BCUT2D eigenvalue weighted by atomic mass is 19.4. The van der Waals surface area contributed by atoms with E-state index >= 15 is 0 Å². The number of aliphatic hydroxyl groups excluding tert-OH is 1. The lowest BCUT2D eigenvalue weighted by Gasteiger charge is -2.37. The maximum atomic E-state index is 12.9. The lowest BCUT2D eigenvalue weighted by molar-refractivity contribution is -0.252. The third-order valence-corrected chi connectivity index (χ3v) is 7.08. The minimum Gasteiger partial charge on any atom is -0.392 e. The Balaban J connectivity index is 1.46. The van der Waals surface area contributed by atoms with Crippen LogP contribution in [0.15, 0.2) is 61.2 Å². The van der Waals surface area contributed by atoms with Crippen molar-refractivity contribution in [1.82, 2.24) is 9.80 Å². The van der Waals surface area contributed by atoms with Gasteiger partial charge in [0.2, 0.25) is 5.91 Å². The minimum absolute atomic E-state index is 0.0488. The summed E-state index contributed by atoms with van der Waals surface area (Å²) in [7, 11) is 1.98. The molecule has 0 spiro atoms. The Morgan fingerprint density at radius 1 is 1.12 bits per heavy atom. The molecule has 0 saturated carbocycles. The molecule has 4 unspecified atom stereocenters. The maximum Gasteiger partial charge on any atom is 0.471 e. The monoisotopic (exact) mass is 561 g/mol. The molecule has 2 aliphatic heterocycles. The molecule has 8 nitrogen and oxygen atoms in total. The van der Waals surface area contributed by atoms with E-state index in [0.29, 0.717) is 42.1 Å². The molecule has 2 saturated heterocycles. The van der Waals surface area contributed by atoms with Gasteiger partial charge in [0.25, 0.3) is 0 Å². The normalized spacial score (nSPS) is 23.3. The van der Waals surface area contributed by atoms with Crippen molar-refractivity contribution < 1.29 is 37.3 Å². The van der Waals surface area contributed by atoms with Crippen molar-refractivity contribution in [2.45, 2.75) is 56.6 Å². The van der Waals surface area contributed by atoms with Gasteiger partial charge in [-0.2, -0.15) is 13.2 Å². The quantitative estimate of drug-likeness (QED) is 0.443. The molecule has 0 radical (unpaired) electrons. The van der Waals surface area contributed by atoms with E-state index in [-0.39, 0.29) is 31.8 Å². The minimum atomic E-state index is -5.03. The lowest BCUT2D eigenvalue weighted by atomic mass is 9.99. The van der Waals surface area contributed by atoms with Crippen molar-refractivity contribution in [3.63, 3.8) is 0 Å². The van der Waals surface area contributed by atoms with Crippen LogP contribution in [-0.2, 0) is 25.7 Å². The lowest BCUT2D eigenvalue weighted by Crippen LogP contribution is -2.48. The van der Waals surface area contributed by atoms with E-state index in [0.717, 1.165) is 11.1 Å². The Kier molecular flexibility index (Phi) is 9.62. The summed E-state index contributed by atoms with van der Waals surface area (Å²) in [5.74, 6) is -2.66. The van der Waals surface area contributed by atoms with Crippen molar-refractivity contribution in [3.8, 4) is 0 Å². The number of anilines is 1. The predicted octanol–water partition coefficient (Wildman–Crippen LogP) is 4.33. The van der Waals surface area contributed by atoms with Gasteiger partial charge in [0.05, 0.1) is 18.8 Å². The van der Waals surface area contributed by atoms with Crippen LogP contribution in [0.1, 0.15) is 48.3 Å². The van der Waals surface area contributed by atoms with Crippen LogP contribution < -0.4 is 5.32 Å². The highest BCUT2D eigenvalue weighted by Gasteiger charge is 2.47. The number of carbonyl (C=O) groups excluding carboxylic acids is 2. The number of hydrogen-bond donors (Lipinski definition) is 2. The fourth-order valence-electron chi connectivity index (χ4n) is 5.07. The average molecular weight is 562 g/mol. The standard InChI is InChI=1S/C29H34F3N3O5/c1-3-14-34(2)17-23-16-25(20-8-6-19(18-36)7-9-20)40-27(39-23)21-10-12-22(13-11-21)33-26(37)24-5-4-15-35(24)28(38)29(30,31)32/h3,6-13,23-25,27,36H,1,4-5,14-18H2,2H3,(H,33,37). The van der Waals surface area contributed by atoms with Gasteiger partial charge in [-0.25, -0.2) is 0 Å². The van der Waals surface area contributed by atoms with Gasteiger partial charge < -0.3 is 29.7 Å². The van der Waals surface area contributed by atoms with E-state index in [2.05, 4.69) is 16.8 Å². The van der Waals surface area contributed by atoms with Crippen LogP contribution in [-0.4, -0.2) is 71.7 Å². The summed E-state index contributed by atoms with van der Waals surface area (Å²) in [4.78, 5) is 27.1. The summed E-state index contributed by atoms with van der Waals surface area (Å²) in [5.41, 5.74) is 2.85. The van der Waals surface area contributed by atoms with Gasteiger partial charge in [0.15, 0.2) is 6.29 Å². The first kappa shape index (κ1) is 29.7. The number of carbonyl (C=O) groups is 2. The number of hydrogen-bond acceptors (Lipinski definition) is 6. The topological polar surface area (TPSA) is 91.3 Å². The first-order valence-corrected chi connectivity index (χ1v) is 13.2. The molecule has 2 aromatic rings. The Labute approximate surface area is 231 Å². The van der Waals surface area contributed by atoms with Crippen LogP contribution in [0.2, 0.25) is 0 Å². The number of nitrogens with one attached hydrogen (secondary N) is 1. The largest absolute Gasteiger partial charge is 0.471 e. The molecular weight excluding hydrogens is 527 g/mol. The third kappa shape index (κ3) is 7.28. The summed E-state index contributed by atoms with van der Waals surface area (Å²) in [5, 5.41) is 12.0. The number of rotatable bonds is 9. The molecule has 2 aromatic carbocycles. The zero-order chi connectivity index (χ0) is 28.9. The van der Waals surface area contributed by atoms with Gasteiger partial charge in [-0.3, -0.25) is 9.59 Å². The second-order valence-electron chi connectivity index (χ2n) is 10.1. The summed E-state index contributed by atoms with van der Waals surface area (Å²) in [6.45, 7) is 4.97. The van der Waals surface area contributed by atoms with Crippen molar-refractivity contribution in [1.29, 1.82) is 0 Å². The number of halogens is 3. The van der Waals surface area contributed by atoms with E-state index < -0.39 is 30.3 Å². The van der Waals surface area contributed by atoms with Crippen LogP contribution in [0.5, 0.6) is 0 Å². The predicted molar refractivity (Wildman–Crippen MR) is 142 cm³/mol. The number of ether oxygens (including phenoxy) is 2. The fraction of sp³-hybridized carbons (Fsp3) is 0.448. The van der Waals surface area contributed by atoms with Crippen molar-refractivity contribution in [2.24, 2.45) is 0 Å². The Morgan fingerprint density at radius 2 is 1.80 bits per heavy atom. The SMILES string of the molecule is C=CCN(C)CC1CC(c2ccc(CO)cc2)OC(c2ccc(NC(=O)C3CCCN3C(=O)C(F)(F)F)cc2)O1. The molecule has 2 amide bonds. The third-order valence-electron chi connectivity index (χ3n) is 7.08. The Bertz CT molecular complexity index is 1170. The van der Waals surface area contributed by atoms with E-state index in [9.17, 15) is 27.9 Å². The van der Waals surface area contributed by atoms with Gasteiger partial charge in [0, 0.05) is 37.3 Å². The number of nitrogens with zero attached hydrogens (tertiary/aromatic N) is 2. The smallest absolute Gasteiger partial charge is 0.392 e. The van der Waals surface area contributed by atoms with Crippen molar-refractivity contribution >= 4 is 17.5 Å². The second kappa shape index (κ2) is 12.9. The molecule has 2 aliphatic rings. The molecule has 0 aliphatic carbocycles.